The molecule has 4 rings (SSSR count). The first-order valence-corrected chi connectivity index (χ1v) is 9.61. The summed E-state index contributed by atoms with van der Waals surface area (Å²) in [5.74, 6) is 2.11. The maximum absolute atomic E-state index is 13.4. The van der Waals surface area contributed by atoms with E-state index in [0.29, 0.717) is 46.2 Å². The Morgan fingerprint density at radius 1 is 1.06 bits per heavy atom. The molecule has 0 saturated carbocycles. The minimum Gasteiger partial charge on any atom is -0.493 e. The molecule has 32 heavy (non-hydrogen) atoms. The van der Waals surface area contributed by atoms with Gasteiger partial charge in [-0.2, -0.15) is 9.98 Å². The van der Waals surface area contributed by atoms with Crippen LogP contribution < -0.4 is 19.5 Å². The molecule has 3 aromatic rings. The normalized spacial score (nSPS) is 16.5. The van der Waals surface area contributed by atoms with Gasteiger partial charge in [0.1, 0.15) is 12.4 Å². The summed E-state index contributed by atoms with van der Waals surface area (Å²) in [7, 11) is 4.61. The van der Waals surface area contributed by atoms with E-state index in [9.17, 15) is 4.39 Å². The number of rotatable bonds is 7. The third kappa shape index (κ3) is 4.70. The minimum absolute atomic E-state index is 0.140. The van der Waals surface area contributed by atoms with Crippen molar-refractivity contribution in [2.75, 3.05) is 33.3 Å². The van der Waals surface area contributed by atoms with Crippen LogP contribution in [0.25, 0.3) is 0 Å². The Bertz CT molecular complexity index is 1120. The molecule has 0 radical (unpaired) electrons. The van der Waals surface area contributed by atoms with Crippen LogP contribution in [0.1, 0.15) is 11.9 Å². The van der Waals surface area contributed by atoms with Crippen molar-refractivity contribution in [3.63, 3.8) is 0 Å². The molecule has 1 saturated heterocycles. The van der Waals surface area contributed by atoms with Crippen molar-refractivity contribution in [3.8, 4) is 17.2 Å². The molecule has 1 fully saturated rings. The molecule has 0 aliphatic carbocycles. The molecule has 1 atom stereocenters. The van der Waals surface area contributed by atoms with Crippen molar-refractivity contribution < 1.29 is 28.1 Å². The van der Waals surface area contributed by atoms with Crippen molar-refractivity contribution in [1.82, 2.24) is 9.97 Å². The predicted molar refractivity (Wildman–Crippen MR) is 115 cm³/mol. The lowest BCUT2D eigenvalue weighted by atomic mass is 10.2. The van der Waals surface area contributed by atoms with Crippen LogP contribution in [0.3, 0.4) is 0 Å². The van der Waals surface area contributed by atoms with Crippen LogP contribution in [0.15, 0.2) is 53.7 Å². The number of anilines is 2. The Morgan fingerprint density at radius 2 is 1.84 bits per heavy atom. The topological polar surface area (TPSA) is 96.3 Å². The zero-order valence-electron chi connectivity index (χ0n) is 17.7. The summed E-state index contributed by atoms with van der Waals surface area (Å²) in [5, 5.41) is 3.09. The van der Waals surface area contributed by atoms with E-state index >= 15 is 0 Å². The molecule has 0 amide bonds. The number of methoxy groups -OCH3 is 3. The highest BCUT2D eigenvalue weighted by Crippen LogP contribution is 2.40. The van der Waals surface area contributed by atoms with E-state index in [1.54, 1.807) is 36.5 Å². The van der Waals surface area contributed by atoms with Gasteiger partial charge < -0.3 is 29.0 Å². The van der Waals surface area contributed by atoms with Crippen LogP contribution in [-0.4, -0.2) is 43.8 Å². The van der Waals surface area contributed by atoms with Gasteiger partial charge in [0.2, 0.25) is 23.9 Å². The lowest BCUT2D eigenvalue weighted by molar-refractivity contribution is -0.0246. The van der Waals surface area contributed by atoms with Gasteiger partial charge >= 0.3 is 0 Å². The quantitative estimate of drug-likeness (QED) is 0.585. The smallest absolute Gasteiger partial charge is 0.229 e. The van der Waals surface area contributed by atoms with E-state index in [-0.39, 0.29) is 12.4 Å². The van der Waals surface area contributed by atoms with Crippen molar-refractivity contribution >= 4 is 23.4 Å². The van der Waals surface area contributed by atoms with Crippen molar-refractivity contribution in [3.05, 3.63) is 60.0 Å². The van der Waals surface area contributed by atoms with Gasteiger partial charge in [-0.1, -0.05) is 12.1 Å². The summed E-state index contributed by atoms with van der Waals surface area (Å²) in [5.41, 5.74) is 1.21. The molecule has 0 spiro atoms. The first-order chi connectivity index (χ1) is 15.6. The Morgan fingerprint density at radius 3 is 2.53 bits per heavy atom. The number of ether oxygens (including phenoxy) is 5. The number of nitrogens with one attached hydrogen (secondary N) is 1. The maximum atomic E-state index is 13.4. The van der Waals surface area contributed by atoms with Crippen molar-refractivity contribution in [2.24, 2.45) is 4.99 Å². The fraction of sp³-hybridized carbons (Fsp3) is 0.227. The predicted octanol–water partition coefficient (Wildman–Crippen LogP) is 4.16. The zero-order valence-corrected chi connectivity index (χ0v) is 17.7. The summed E-state index contributed by atoms with van der Waals surface area (Å²) in [6, 6.07) is 11.1. The summed E-state index contributed by atoms with van der Waals surface area (Å²) < 4.78 is 40.7. The first kappa shape index (κ1) is 21.3. The van der Waals surface area contributed by atoms with Crippen LogP contribution >= 0.6 is 0 Å². The van der Waals surface area contributed by atoms with Gasteiger partial charge in [0, 0.05) is 35.6 Å². The summed E-state index contributed by atoms with van der Waals surface area (Å²) in [6.45, 7) is 0.140. The van der Waals surface area contributed by atoms with Gasteiger partial charge in [0.15, 0.2) is 17.3 Å². The molecule has 2 aromatic carbocycles. The van der Waals surface area contributed by atoms with E-state index in [1.807, 2.05) is 0 Å². The summed E-state index contributed by atoms with van der Waals surface area (Å²) >= 11 is 0. The molecule has 2 heterocycles. The lowest BCUT2D eigenvalue weighted by Gasteiger charge is -2.14. The Labute approximate surface area is 183 Å². The van der Waals surface area contributed by atoms with Gasteiger partial charge in [-0.25, -0.2) is 9.37 Å². The van der Waals surface area contributed by atoms with Gasteiger partial charge in [-0.05, 0) is 12.1 Å². The molecule has 1 N–H and O–H groups in total. The third-order valence-corrected chi connectivity index (χ3v) is 4.52. The van der Waals surface area contributed by atoms with E-state index < -0.39 is 6.29 Å². The van der Waals surface area contributed by atoms with Crippen molar-refractivity contribution in [1.29, 1.82) is 0 Å². The van der Waals surface area contributed by atoms with E-state index in [0.717, 1.165) is 0 Å². The second-order valence-electron chi connectivity index (χ2n) is 6.60. The van der Waals surface area contributed by atoms with Crippen LogP contribution in [0.4, 0.5) is 21.8 Å². The third-order valence-electron chi connectivity index (χ3n) is 4.52. The van der Waals surface area contributed by atoms with Crippen LogP contribution in [0.5, 0.6) is 17.2 Å². The monoisotopic (exact) mass is 440 g/mol. The molecule has 1 aliphatic rings. The minimum atomic E-state index is -0.719. The summed E-state index contributed by atoms with van der Waals surface area (Å²) in [4.78, 5) is 13.0. The van der Waals surface area contributed by atoms with Gasteiger partial charge in [-0.3, -0.25) is 0 Å². The Balaban J connectivity index is 1.51. The number of halogens is 1. The number of benzene rings is 2. The van der Waals surface area contributed by atoms with Gasteiger partial charge in [0.05, 0.1) is 21.3 Å². The molecule has 1 unspecified atom stereocenters. The molecule has 1 aromatic heterocycles. The number of hydrogen-bond acceptors (Lipinski definition) is 9. The molecular weight excluding hydrogens is 419 g/mol. The Hall–Kier alpha value is -3.92. The average molecular weight is 440 g/mol. The zero-order chi connectivity index (χ0) is 22.5. The molecular formula is C22H21FN4O5. The second-order valence-corrected chi connectivity index (χ2v) is 6.60. The standard InChI is InChI=1S/C22H21FN4O5/c1-28-16-10-15(11-17(29-2)20(16)30-3)25-22-24-8-7-18(27-22)26-19-12-31-21(32-19)13-5-4-6-14(23)9-13/h4-11,21H,12H2,1-3H3,(H,24,25,27). The fourth-order valence-electron chi connectivity index (χ4n) is 3.10. The van der Waals surface area contributed by atoms with Gasteiger partial charge in [-0.15, -0.1) is 0 Å². The Kier molecular flexibility index (Phi) is 6.31. The first-order valence-electron chi connectivity index (χ1n) is 9.61. The van der Waals surface area contributed by atoms with Crippen LogP contribution in [-0.2, 0) is 9.47 Å². The fourth-order valence-corrected chi connectivity index (χ4v) is 3.10. The highest BCUT2D eigenvalue weighted by atomic mass is 19.1. The highest BCUT2D eigenvalue weighted by molar-refractivity contribution is 5.81. The molecule has 0 bridgehead atoms. The highest BCUT2D eigenvalue weighted by Gasteiger charge is 2.25. The average Bonchev–Trinajstić information content (AvgIpc) is 3.27. The number of nitrogens with zero attached hydrogens (tertiary/aromatic N) is 3. The van der Waals surface area contributed by atoms with Crippen LogP contribution in [0, 0.1) is 5.82 Å². The molecule has 1 aliphatic heterocycles. The second kappa shape index (κ2) is 9.48. The number of hydrogen-bond donors (Lipinski definition) is 1. The van der Waals surface area contributed by atoms with E-state index in [1.165, 1.54) is 33.5 Å². The number of aromatic nitrogens is 2. The van der Waals surface area contributed by atoms with E-state index in [2.05, 4.69) is 20.3 Å². The van der Waals surface area contributed by atoms with Crippen molar-refractivity contribution in [2.45, 2.75) is 6.29 Å². The summed E-state index contributed by atoms with van der Waals surface area (Å²) in [6.07, 6.45) is 0.843. The molecule has 10 heteroatoms. The van der Waals surface area contributed by atoms with Crippen LogP contribution in [0.2, 0.25) is 0 Å². The lowest BCUT2D eigenvalue weighted by Crippen LogP contribution is -2.02. The van der Waals surface area contributed by atoms with Gasteiger partial charge in [0.25, 0.3) is 0 Å². The SMILES string of the molecule is COc1cc(Nc2nccc(N=C3COC(c4cccc(F)c4)O3)n2)cc(OC)c1OC. The molecule has 9 nitrogen and oxygen atoms in total. The maximum Gasteiger partial charge on any atom is 0.229 e. The van der Waals surface area contributed by atoms with E-state index in [4.69, 9.17) is 23.7 Å². The molecule has 166 valence electrons. The largest absolute Gasteiger partial charge is 0.493 e. The number of aliphatic imine (C=N–C) groups is 1.